The monoisotopic (exact) mass is 360 g/mol. The molecule has 2 heterocycles. The number of hydrogen-bond donors (Lipinski definition) is 2. The lowest BCUT2D eigenvalue weighted by molar-refractivity contribution is 0.0520. The molecule has 0 radical (unpaired) electrons. The number of ketones is 1. The number of carbonyl (C=O) groups is 3. The molecule has 0 aliphatic rings. The van der Waals surface area contributed by atoms with Gasteiger partial charge in [0.1, 0.15) is 11.3 Å². The molecule has 2 N–H and O–H groups in total. The molecular weight excluding hydrogens is 340 g/mol. The van der Waals surface area contributed by atoms with Crippen LogP contribution in [-0.2, 0) is 11.8 Å². The highest BCUT2D eigenvalue weighted by Gasteiger charge is 2.18. The Hall–Kier alpha value is -3.30. The van der Waals surface area contributed by atoms with Crippen LogP contribution in [0, 0.1) is 0 Å². The van der Waals surface area contributed by atoms with Gasteiger partial charge in [-0.25, -0.2) is 14.8 Å². The van der Waals surface area contributed by atoms with E-state index in [2.05, 4.69) is 25.7 Å². The normalized spacial score (nSPS) is 10.9. The Morgan fingerprint density at radius 3 is 2.62 bits per heavy atom. The van der Waals surface area contributed by atoms with Crippen molar-refractivity contribution in [2.24, 2.45) is 7.05 Å². The zero-order valence-corrected chi connectivity index (χ0v) is 14.9. The van der Waals surface area contributed by atoms with Crippen LogP contribution in [0.15, 0.2) is 24.7 Å². The maximum Gasteiger partial charge on any atom is 0.408 e. The smallest absolute Gasteiger partial charge is 0.408 e. The lowest BCUT2D eigenvalue weighted by Gasteiger charge is -2.19. The minimum Gasteiger partial charge on any atom is -0.444 e. The van der Waals surface area contributed by atoms with E-state index in [0.29, 0.717) is 5.56 Å². The fourth-order valence-corrected chi connectivity index (χ4v) is 1.84. The standard InChI is InChI=1S/C16H20N6O4/c1-16(2,3)26-15(25)18-8-12(23)11-5-6-17-14(20-11)21-13(24)10-7-19-22(4)9-10/h5-7,9H,8H2,1-4H3,(H,18,25)(H,17,20,21,24). The molecule has 0 atom stereocenters. The Labute approximate surface area is 150 Å². The van der Waals surface area contributed by atoms with Crippen LogP contribution in [0.2, 0.25) is 0 Å². The molecule has 0 saturated heterocycles. The summed E-state index contributed by atoms with van der Waals surface area (Å²) in [5.41, 5.74) is -0.275. The third-order valence-electron chi connectivity index (χ3n) is 2.93. The topological polar surface area (TPSA) is 128 Å². The van der Waals surface area contributed by atoms with Gasteiger partial charge in [-0.05, 0) is 26.8 Å². The number of aromatic nitrogens is 4. The second kappa shape index (κ2) is 7.72. The number of nitrogens with zero attached hydrogens (tertiary/aromatic N) is 4. The van der Waals surface area contributed by atoms with Gasteiger partial charge in [0.05, 0.1) is 18.3 Å². The molecule has 10 heteroatoms. The summed E-state index contributed by atoms with van der Waals surface area (Å²) in [6, 6.07) is 1.39. The molecule has 0 bridgehead atoms. The summed E-state index contributed by atoms with van der Waals surface area (Å²) in [4.78, 5) is 43.7. The molecule has 2 amide bonds. The van der Waals surface area contributed by atoms with Crippen LogP contribution in [0.3, 0.4) is 0 Å². The van der Waals surface area contributed by atoms with E-state index < -0.39 is 23.4 Å². The predicted molar refractivity (Wildman–Crippen MR) is 91.8 cm³/mol. The van der Waals surface area contributed by atoms with Gasteiger partial charge in [-0.1, -0.05) is 0 Å². The van der Waals surface area contributed by atoms with Gasteiger partial charge in [-0.2, -0.15) is 5.10 Å². The molecule has 10 nitrogen and oxygen atoms in total. The van der Waals surface area contributed by atoms with Crippen molar-refractivity contribution in [3.63, 3.8) is 0 Å². The molecule has 0 spiro atoms. The Morgan fingerprint density at radius 1 is 1.27 bits per heavy atom. The number of alkyl carbamates (subject to hydrolysis) is 1. The first kappa shape index (κ1) is 19.0. The number of aryl methyl sites for hydroxylation is 1. The molecule has 0 aromatic carbocycles. The average molecular weight is 360 g/mol. The third kappa shape index (κ3) is 5.65. The number of Topliss-reactive ketones (excluding diaryl/α,β-unsaturated/α-hetero) is 1. The van der Waals surface area contributed by atoms with Crippen LogP contribution in [0.1, 0.15) is 41.6 Å². The van der Waals surface area contributed by atoms with E-state index in [1.165, 1.54) is 29.3 Å². The highest BCUT2D eigenvalue weighted by molar-refractivity contribution is 6.03. The second-order valence-corrected chi connectivity index (χ2v) is 6.40. The summed E-state index contributed by atoms with van der Waals surface area (Å²) in [5.74, 6) is -0.924. The van der Waals surface area contributed by atoms with Gasteiger partial charge in [0.25, 0.3) is 5.91 Å². The van der Waals surface area contributed by atoms with Crippen LogP contribution in [0.5, 0.6) is 0 Å². The third-order valence-corrected chi connectivity index (χ3v) is 2.93. The van der Waals surface area contributed by atoms with Crippen LogP contribution >= 0.6 is 0 Å². The maximum atomic E-state index is 12.1. The van der Waals surface area contributed by atoms with Crippen LogP contribution in [-0.4, -0.2) is 49.7 Å². The minimum absolute atomic E-state index is 0.0260. The SMILES string of the molecule is Cn1cc(C(=O)Nc2nccc(C(=O)CNC(=O)OC(C)(C)C)n2)cn1. The van der Waals surface area contributed by atoms with Crippen molar-refractivity contribution in [2.45, 2.75) is 26.4 Å². The molecule has 0 fully saturated rings. The summed E-state index contributed by atoms with van der Waals surface area (Å²) in [5, 5.41) is 8.74. The Bertz CT molecular complexity index is 824. The van der Waals surface area contributed by atoms with E-state index >= 15 is 0 Å². The van der Waals surface area contributed by atoms with Gasteiger partial charge >= 0.3 is 6.09 Å². The van der Waals surface area contributed by atoms with Crippen LogP contribution < -0.4 is 10.6 Å². The summed E-state index contributed by atoms with van der Waals surface area (Å²) in [6.07, 6.45) is 3.57. The molecule has 0 aliphatic heterocycles. The highest BCUT2D eigenvalue weighted by Crippen LogP contribution is 2.07. The summed E-state index contributed by atoms with van der Waals surface area (Å²) < 4.78 is 6.54. The van der Waals surface area contributed by atoms with Gasteiger partial charge in [-0.15, -0.1) is 0 Å². The zero-order valence-electron chi connectivity index (χ0n) is 14.9. The number of nitrogens with one attached hydrogen (secondary N) is 2. The number of carbonyl (C=O) groups excluding carboxylic acids is 3. The lowest BCUT2D eigenvalue weighted by Crippen LogP contribution is -2.35. The highest BCUT2D eigenvalue weighted by atomic mass is 16.6. The number of rotatable bonds is 5. The number of anilines is 1. The first-order valence-corrected chi connectivity index (χ1v) is 7.77. The summed E-state index contributed by atoms with van der Waals surface area (Å²) in [7, 11) is 1.68. The molecule has 2 aromatic heterocycles. The van der Waals surface area contributed by atoms with Crippen LogP contribution in [0.25, 0.3) is 0 Å². The Balaban J connectivity index is 1.96. The molecule has 2 aromatic rings. The number of hydrogen-bond acceptors (Lipinski definition) is 7. The molecule has 26 heavy (non-hydrogen) atoms. The molecule has 0 aliphatic carbocycles. The zero-order chi connectivity index (χ0) is 19.3. The Kier molecular flexibility index (Phi) is 5.65. The van der Waals surface area contributed by atoms with Crippen molar-refractivity contribution in [3.8, 4) is 0 Å². The van der Waals surface area contributed by atoms with Gasteiger partial charge < -0.3 is 10.1 Å². The number of amides is 2. The molecule has 0 unspecified atom stereocenters. The van der Waals surface area contributed by atoms with Crippen molar-refractivity contribution in [1.29, 1.82) is 0 Å². The number of ether oxygens (including phenoxy) is 1. The molecule has 138 valence electrons. The second-order valence-electron chi connectivity index (χ2n) is 6.40. The van der Waals surface area contributed by atoms with Crippen molar-refractivity contribution >= 4 is 23.7 Å². The minimum atomic E-state index is -0.704. The average Bonchev–Trinajstić information content (AvgIpc) is 2.98. The van der Waals surface area contributed by atoms with Crippen molar-refractivity contribution in [1.82, 2.24) is 25.1 Å². The van der Waals surface area contributed by atoms with Crippen molar-refractivity contribution in [2.75, 3.05) is 11.9 Å². The molecule has 2 rings (SSSR count). The Morgan fingerprint density at radius 2 is 2.00 bits per heavy atom. The predicted octanol–water partition coefficient (Wildman–Crippen LogP) is 1.17. The van der Waals surface area contributed by atoms with Gasteiger partial charge in [-0.3, -0.25) is 19.6 Å². The van der Waals surface area contributed by atoms with E-state index in [-0.39, 0.29) is 18.2 Å². The van der Waals surface area contributed by atoms with E-state index in [0.717, 1.165) is 0 Å². The van der Waals surface area contributed by atoms with Gasteiger partial charge in [0.15, 0.2) is 0 Å². The van der Waals surface area contributed by atoms with Crippen molar-refractivity contribution in [3.05, 3.63) is 35.9 Å². The molecule has 0 saturated carbocycles. The quantitative estimate of drug-likeness (QED) is 0.766. The van der Waals surface area contributed by atoms with E-state index in [1.807, 2.05) is 0 Å². The lowest BCUT2D eigenvalue weighted by atomic mass is 10.2. The van der Waals surface area contributed by atoms with Crippen molar-refractivity contribution < 1.29 is 19.1 Å². The fraction of sp³-hybridized carbons (Fsp3) is 0.375. The van der Waals surface area contributed by atoms with E-state index in [9.17, 15) is 14.4 Å². The van der Waals surface area contributed by atoms with E-state index in [4.69, 9.17) is 4.74 Å². The van der Waals surface area contributed by atoms with Gasteiger partial charge in [0.2, 0.25) is 11.7 Å². The summed E-state index contributed by atoms with van der Waals surface area (Å²) >= 11 is 0. The first-order valence-electron chi connectivity index (χ1n) is 7.77. The largest absolute Gasteiger partial charge is 0.444 e. The fourth-order valence-electron chi connectivity index (χ4n) is 1.84. The van der Waals surface area contributed by atoms with Gasteiger partial charge in [0, 0.05) is 19.4 Å². The van der Waals surface area contributed by atoms with Crippen LogP contribution in [0.4, 0.5) is 10.7 Å². The summed E-state index contributed by atoms with van der Waals surface area (Å²) in [6.45, 7) is 4.87. The molecular formula is C16H20N6O4. The first-order chi connectivity index (χ1) is 12.1. The van der Waals surface area contributed by atoms with E-state index in [1.54, 1.807) is 27.8 Å². The maximum absolute atomic E-state index is 12.1.